The Balaban J connectivity index is 1.45. The summed E-state index contributed by atoms with van der Waals surface area (Å²) < 4.78 is 70.2. The van der Waals surface area contributed by atoms with E-state index in [2.05, 4.69) is 20.8 Å². The normalized spacial score (nSPS) is 18.6. The third-order valence-corrected chi connectivity index (χ3v) is 7.97. The molecule has 2 aliphatic rings. The van der Waals surface area contributed by atoms with Crippen molar-refractivity contribution in [2.75, 3.05) is 16.8 Å². The van der Waals surface area contributed by atoms with Crippen molar-refractivity contribution < 1.29 is 30.9 Å². The molecule has 0 atom stereocenters. The molecule has 3 aromatic rings. The fourth-order valence-electron chi connectivity index (χ4n) is 4.28. The fraction of sp³-hybridized carbons (Fsp3) is 0.500. The topological polar surface area (TPSA) is 119 Å². The first-order chi connectivity index (χ1) is 16.6. The largest absolute Gasteiger partial charge is 0.406 e. The second kappa shape index (κ2) is 8.85. The van der Waals surface area contributed by atoms with E-state index in [9.17, 15) is 26.4 Å². The molecule has 35 heavy (non-hydrogen) atoms. The van der Waals surface area contributed by atoms with E-state index >= 15 is 0 Å². The lowest BCUT2D eigenvalue weighted by Crippen LogP contribution is -2.32. The molecule has 0 radical (unpaired) electrons. The molecule has 0 bridgehead atoms. The summed E-state index contributed by atoms with van der Waals surface area (Å²) in [5.41, 5.74) is 1.06. The maximum Gasteiger partial charge on any atom is 0.406 e. The molecule has 5 rings (SSSR count). The summed E-state index contributed by atoms with van der Waals surface area (Å²) in [6.07, 6.45) is -1.96. The highest BCUT2D eigenvalue weighted by Crippen LogP contribution is 2.35. The highest BCUT2D eigenvalue weighted by Gasteiger charge is 2.32. The molecule has 188 valence electrons. The average Bonchev–Trinajstić information content (AvgIpc) is 3.44. The Bertz CT molecular complexity index is 1350. The maximum atomic E-state index is 13.5. The number of carbonyl (C=O) groups excluding carboxylic acids is 1. The van der Waals surface area contributed by atoms with Crippen molar-refractivity contribution in [3.05, 3.63) is 30.2 Å². The van der Waals surface area contributed by atoms with Crippen LogP contribution in [0.5, 0.6) is 0 Å². The van der Waals surface area contributed by atoms with Crippen LogP contribution in [0.25, 0.3) is 22.4 Å². The number of benzene rings is 1. The van der Waals surface area contributed by atoms with Gasteiger partial charge in [-0.2, -0.15) is 18.2 Å². The Kier molecular flexibility index (Phi) is 5.98. The number of nitrogens with zero attached hydrogens (tertiary/aromatic N) is 3. The lowest BCUT2D eigenvalue weighted by atomic mass is 10.1. The van der Waals surface area contributed by atoms with Crippen LogP contribution in [-0.4, -0.2) is 52.8 Å². The van der Waals surface area contributed by atoms with Gasteiger partial charge in [0, 0.05) is 23.0 Å². The highest BCUT2D eigenvalue weighted by molar-refractivity contribution is 7.91. The lowest BCUT2D eigenvalue weighted by Gasteiger charge is -2.24. The van der Waals surface area contributed by atoms with Crippen molar-refractivity contribution in [1.82, 2.24) is 20.0 Å². The van der Waals surface area contributed by atoms with E-state index in [1.165, 1.54) is 0 Å². The summed E-state index contributed by atoms with van der Waals surface area (Å²) in [6.45, 7) is -1.25. The minimum atomic E-state index is -4.49. The molecule has 0 spiro atoms. The Morgan fingerprint density at radius 2 is 1.91 bits per heavy atom. The molecular weight excluding hydrogens is 487 g/mol. The predicted molar refractivity (Wildman–Crippen MR) is 121 cm³/mol. The number of sulfone groups is 1. The van der Waals surface area contributed by atoms with Crippen LogP contribution in [0.4, 0.5) is 18.9 Å². The SMILES string of the molecule is O=C(NCc1nc(-c2cc3c(NC4CCS(=O)(=O)CC4)cccc3n2CC(F)(F)F)no1)C1CC1. The molecule has 0 unspecified atom stereocenters. The van der Waals surface area contributed by atoms with Gasteiger partial charge in [0.15, 0.2) is 0 Å². The van der Waals surface area contributed by atoms with Crippen LogP contribution >= 0.6 is 0 Å². The first kappa shape index (κ1) is 23.6. The molecule has 1 aliphatic heterocycles. The van der Waals surface area contributed by atoms with Crippen LogP contribution in [0.2, 0.25) is 0 Å². The highest BCUT2D eigenvalue weighted by atomic mass is 32.2. The number of anilines is 1. The van der Waals surface area contributed by atoms with E-state index in [-0.39, 0.29) is 53.3 Å². The van der Waals surface area contributed by atoms with Crippen LogP contribution in [-0.2, 0) is 27.7 Å². The van der Waals surface area contributed by atoms with Crippen LogP contribution in [0.1, 0.15) is 31.6 Å². The van der Waals surface area contributed by atoms with Gasteiger partial charge >= 0.3 is 6.18 Å². The minimum absolute atomic E-state index is 0.000768. The molecule has 2 N–H and O–H groups in total. The first-order valence-electron chi connectivity index (χ1n) is 11.3. The van der Waals surface area contributed by atoms with Gasteiger partial charge in [-0.05, 0) is 43.9 Å². The van der Waals surface area contributed by atoms with Crippen LogP contribution < -0.4 is 10.6 Å². The number of fused-ring (bicyclic) bond motifs is 1. The summed E-state index contributed by atoms with van der Waals surface area (Å²) in [5, 5.41) is 10.4. The average molecular weight is 512 g/mol. The minimum Gasteiger partial charge on any atom is -0.382 e. The number of rotatable bonds is 7. The smallest absolute Gasteiger partial charge is 0.382 e. The third-order valence-electron chi connectivity index (χ3n) is 6.26. The van der Waals surface area contributed by atoms with E-state index in [1.54, 1.807) is 24.3 Å². The molecule has 1 aliphatic carbocycles. The fourth-order valence-corrected chi connectivity index (χ4v) is 5.77. The number of hydrogen-bond acceptors (Lipinski definition) is 7. The van der Waals surface area contributed by atoms with E-state index in [0.717, 1.165) is 17.4 Å². The Labute approximate surface area is 199 Å². The van der Waals surface area contributed by atoms with Gasteiger partial charge in [0.2, 0.25) is 17.6 Å². The molecule has 1 amide bonds. The zero-order chi connectivity index (χ0) is 24.8. The van der Waals surface area contributed by atoms with E-state index in [1.807, 2.05) is 0 Å². The summed E-state index contributed by atoms with van der Waals surface area (Å²) in [6, 6.07) is 6.45. The van der Waals surface area contributed by atoms with Gasteiger partial charge < -0.3 is 19.7 Å². The van der Waals surface area contributed by atoms with E-state index in [4.69, 9.17) is 4.52 Å². The van der Waals surface area contributed by atoms with Gasteiger partial charge in [-0.25, -0.2) is 8.42 Å². The van der Waals surface area contributed by atoms with Crippen LogP contribution in [0.15, 0.2) is 28.8 Å². The number of hydrogen-bond donors (Lipinski definition) is 2. The summed E-state index contributed by atoms with van der Waals surface area (Å²) >= 11 is 0. The molecule has 1 saturated heterocycles. The second-order valence-corrected chi connectivity index (χ2v) is 11.3. The van der Waals surface area contributed by atoms with Crippen LogP contribution in [0, 0.1) is 5.92 Å². The molecule has 2 fully saturated rings. The monoisotopic (exact) mass is 511 g/mol. The van der Waals surface area contributed by atoms with E-state index < -0.39 is 22.6 Å². The zero-order valence-corrected chi connectivity index (χ0v) is 19.5. The lowest BCUT2D eigenvalue weighted by molar-refractivity contribution is -0.139. The van der Waals surface area contributed by atoms with Crippen molar-refractivity contribution in [2.24, 2.45) is 5.92 Å². The molecule has 1 aromatic carbocycles. The Morgan fingerprint density at radius 3 is 2.60 bits per heavy atom. The van der Waals surface area contributed by atoms with Crippen LogP contribution in [0.3, 0.4) is 0 Å². The molecule has 13 heteroatoms. The number of amides is 1. The van der Waals surface area contributed by atoms with Crippen molar-refractivity contribution in [1.29, 1.82) is 0 Å². The van der Waals surface area contributed by atoms with Gasteiger partial charge in [0.05, 0.1) is 29.3 Å². The van der Waals surface area contributed by atoms with Gasteiger partial charge in [-0.3, -0.25) is 4.79 Å². The van der Waals surface area contributed by atoms with Crippen molar-refractivity contribution in [3.8, 4) is 11.5 Å². The van der Waals surface area contributed by atoms with Gasteiger partial charge in [0.25, 0.3) is 0 Å². The zero-order valence-electron chi connectivity index (χ0n) is 18.6. The molecule has 3 heterocycles. The molecular formula is C22H24F3N5O4S. The summed E-state index contributed by atoms with van der Waals surface area (Å²) in [4.78, 5) is 16.1. The Hall–Kier alpha value is -3.09. The molecule has 9 nitrogen and oxygen atoms in total. The van der Waals surface area contributed by atoms with Gasteiger partial charge in [-0.15, -0.1) is 0 Å². The number of halogens is 3. The summed E-state index contributed by atoms with van der Waals surface area (Å²) in [5.74, 6) is 0.118. The standard InChI is InChI=1S/C22H24F3N5O4S/c23-22(24,25)12-30-17-3-1-2-16(27-14-6-8-35(32,33)9-7-14)15(17)10-18(30)20-28-19(34-29-20)11-26-21(31)13-4-5-13/h1-3,10,13-14,27H,4-9,11-12H2,(H,26,31). The van der Waals surface area contributed by atoms with Gasteiger partial charge in [-0.1, -0.05) is 11.2 Å². The predicted octanol–water partition coefficient (Wildman–Crippen LogP) is 3.27. The Morgan fingerprint density at radius 1 is 1.17 bits per heavy atom. The number of carbonyl (C=O) groups is 1. The second-order valence-electron chi connectivity index (χ2n) is 9.04. The van der Waals surface area contributed by atoms with E-state index in [0.29, 0.717) is 29.4 Å². The quantitative estimate of drug-likeness (QED) is 0.500. The molecule has 2 aromatic heterocycles. The van der Waals surface area contributed by atoms with Gasteiger partial charge in [0.1, 0.15) is 16.4 Å². The summed E-state index contributed by atoms with van der Waals surface area (Å²) in [7, 11) is -3.04. The van der Waals surface area contributed by atoms with Crippen molar-refractivity contribution in [2.45, 2.75) is 51.0 Å². The molecule has 1 saturated carbocycles. The maximum absolute atomic E-state index is 13.5. The first-order valence-corrected chi connectivity index (χ1v) is 13.2. The number of nitrogens with one attached hydrogen (secondary N) is 2. The number of alkyl halides is 3. The van der Waals surface area contributed by atoms with Crippen molar-refractivity contribution in [3.63, 3.8) is 0 Å². The van der Waals surface area contributed by atoms with Crippen molar-refractivity contribution >= 4 is 32.3 Å². The third kappa shape index (κ3) is 5.44. The number of aromatic nitrogens is 3.